The van der Waals surface area contributed by atoms with Gasteiger partial charge in [0.1, 0.15) is 5.82 Å². The molecule has 1 fully saturated rings. The molecular weight excluding hydrogens is 200 g/mol. The lowest BCUT2D eigenvalue weighted by atomic mass is 10.1. The Bertz CT molecular complexity index is 321. The minimum atomic E-state index is 0.916. The molecule has 0 radical (unpaired) electrons. The van der Waals surface area contributed by atoms with Gasteiger partial charge in [-0.3, -0.25) is 4.98 Å². The first kappa shape index (κ1) is 11.3. The zero-order chi connectivity index (χ0) is 11.2. The Morgan fingerprint density at radius 1 is 1.19 bits per heavy atom. The molecule has 1 N–H and O–H groups in total. The van der Waals surface area contributed by atoms with Crippen molar-refractivity contribution in [1.82, 2.24) is 14.9 Å². The van der Waals surface area contributed by atoms with Crippen LogP contribution in [0.5, 0.6) is 0 Å². The fourth-order valence-corrected chi connectivity index (χ4v) is 2.10. The maximum absolute atomic E-state index is 4.27. The molecule has 4 heteroatoms. The molecule has 0 aromatic carbocycles. The second-order valence-electron chi connectivity index (χ2n) is 4.32. The number of rotatable bonds is 4. The molecule has 0 amide bonds. The Labute approximate surface area is 97.1 Å². The van der Waals surface area contributed by atoms with Gasteiger partial charge in [-0.15, -0.1) is 0 Å². The molecule has 0 atom stereocenters. The standard InChI is InChI=1S/C12H20N4/c1-11-12(14-6-5-13-11)15-7-10-16-8-3-2-4-9-16/h5-6H,2-4,7-10H2,1H3,(H,14,15). The van der Waals surface area contributed by atoms with E-state index in [9.17, 15) is 0 Å². The van der Waals surface area contributed by atoms with Gasteiger partial charge in [-0.1, -0.05) is 6.42 Å². The van der Waals surface area contributed by atoms with Crippen molar-refractivity contribution in [3.8, 4) is 0 Å². The Balaban J connectivity index is 1.73. The fourth-order valence-electron chi connectivity index (χ4n) is 2.10. The summed E-state index contributed by atoms with van der Waals surface area (Å²) in [7, 11) is 0. The molecule has 0 saturated carbocycles. The molecule has 1 aromatic rings. The van der Waals surface area contributed by atoms with Crippen LogP contribution in [0.15, 0.2) is 12.4 Å². The number of aryl methyl sites for hydroxylation is 1. The van der Waals surface area contributed by atoms with Crippen molar-refractivity contribution in [2.24, 2.45) is 0 Å². The summed E-state index contributed by atoms with van der Waals surface area (Å²) >= 11 is 0. The highest BCUT2D eigenvalue weighted by molar-refractivity contribution is 5.38. The van der Waals surface area contributed by atoms with Crippen molar-refractivity contribution in [2.75, 3.05) is 31.5 Å². The van der Waals surface area contributed by atoms with Gasteiger partial charge in [0.05, 0.1) is 5.69 Å². The molecule has 0 unspecified atom stereocenters. The number of nitrogens with zero attached hydrogens (tertiary/aromatic N) is 3. The first-order chi connectivity index (χ1) is 7.86. The lowest BCUT2D eigenvalue weighted by molar-refractivity contribution is 0.237. The van der Waals surface area contributed by atoms with Gasteiger partial charge in [0, 0.05) is 25.5 Å². The number of hydrogen-bond acceptors (Lipinski definition) is 4. The van der Waals surface area contributed by atoms with E-state index in [1.165, 1.54) is 32.4 Å². The van der Waals surface area contributed by atoms with Crippen LogP contribution in [0, 0.1) is 6.92 Å². The van der Waals surface area contributed by atoms with Crippen molar-refractivity contribution in [3.05, 3.63) is 18.1 Å². The average Bonchev–Trinajstić information content (AvgIpc) is 2.33. The third kappa shape index (κ3) is 3.17. The predicted octanol–water partition coefficient (Wildman–Crippen LogP) is 1.68. The normalized spacial score (nSPS) is 17.3. The summed E-state index contributed by atoms with van der Waals surface area (Å²) in [6.45, 7) is 6.55. The maximum Gasteiger partial charge on any atom is 0.147 e. The first-order valence-corrected chi connectivity index (χ1v) is 6.10. The number of nitrogens with one attached hydrogen (secondary N) is 1. The smallest absolute Gasteiger partial charge is 0.147 e. The molecule has 0 spiro atoms. The highest BCUT2D eigenvalue weighted by Gasteiger charge is 2.09. The van der Waals surface area contributed by atoms with E-state index in [1.807, 2.05) is 6.92 Å². The van der Waals surface area contributed by atoms with Crippen molar-refractivity contribution < 1.29 is 0 Å². The van der Waals surface area contributed by atoms with Crippen LogP contribution in [0.3, 0.4) is 0 Å². The first-order valence-electron chi connectivity index (χ1n) is 6.10. The average molecular weight is 220 g/mol. The molecule has 1 aliphatic rings. The second-order valence-corrected chi connectivity index (χ2v) is 4.32. The van der Waals surface area contributed by atoms with Crippen molar-refractivity contribution in [3.63, 3.8) is 0 Å². The third-order valence-electron chi connectivity index (χ3n) is 3.05. The number of hydrogen-bond donors (Lipinski definition) is 1. The van der Waals surface area contributed by atoms with Gasteiger partial charge in [-0.05, 0) is 32.9 Å². The zero-order valence-corrected chi connectivity index (χ0v) is 9.95. The Kier molecular flexibility index (Phi) is 4.10. The highest BCUT2D eigenvalue weighted by Crippen LogP contribution is 2.09. The van der Waals surface area contributed by atoms with Gasteiger partial charge >= 0.3 is 0 Å². The number of aromatic nitrogens is 2. The topological polar surface area (TPSA) is 41.1 Å². The molecule has 4 nitrogen and oxygen atoms in total. The largest absolute Gasteiger partial charge is 0.367 e. The van der Waals surface area contributed by atoms with E-state index in [2.05, 4.69) is 20.2 Å². The fraction of sp³-hybridized carbons (Fsp3) is 0.667. The van der Waals surface area contributed by atoms with Crippen molar-refractivity contribution in [1.29, 1.82) is 0 Å². The highest BCUT2D eigenvalue weighted by atomic mass is 15.1. The molecule has 0 aliphatic carbocycles. The molecule has 2 heterocycles. The Hall–Kier alpha value is -1.16. The van der Waals surface area contributed by atoms with E-state index in [1.54, 1.807) is 12.4 Å². The van der Waals surface area contributed by atoms with Crippen LogP contribution < -0.4 is 5.32 Å². The van der Waals surface area contributed by atoms with E-state index in [0.29, 0.717) is 0 Å². The maximum atomic E-state index is 4.27. The van der Waals surface area contributed by atoms with Crippen LogP contribution in [0.25, 0.3) is 0 Å². The van der Waals surface area contributed by atoms with E-state index < -0.39 is 0 Å². The molecule has 2 rings (SSSR count). The molecular formula is C12H20N4. The summed E-state index contributed by atoms with van der Waals surface area (Å²) in [6, 6.07) is 0. The summed E-state index contributed by atoms with van der Waals surface area (Å²) in [5.74, 6) is 0.916. The summed E-state index contributed by atoms with van der Waals surface area (Å²) < 4.78 is 0. The van der Waals surface area contributed by atoms with Gasteiger partial charge < -0.3 is 10.2 Å². The van der Waals surface area contributed by atoms with E-state index in [4.69, 9.17) is 0 Å². The Morgan fingerprint density at radius 2 is 1.94 bits per heavy atom. The molecule has 16 heavy (non-hydrogen) atoms. The number of piperidine rings is 1. The SMILES string of the molecule is Cc1nccnc1NCCN1CCCCC1. The minimum absolute atomic E-state index is 0.916. The molecule has 0 bridgehead atoms. The summed E-state index contributed by atoms with van der Waals surface area (Å²) in [4.78, 5) is 11.0. The summed E-state index contributed by atoms with van der Waals surface area (Å²) in [5, 5.41) is 3.34. The van der Waals surface area contributed by atoms with Gasteiger partial charge in [-0.25, -0.2) is 4.98 Å². The molecule has 1 saturated heterocycles. The molecule has 88 valence electrons. The van der Waals surface area contributed by atoms with Crippen LogP contribution in [0.1, 0.15) is 25.0 Å². The third-order valence-corrected chi connectivity index (χ3v) is 3.05. The quantitative estimate of drug-likeness (QED) is 0.838. The van der Waals surface area contributed by atoms with E-state index in [0.717, 1.165) is 24.6 Å². The van der Waals surface area contributed by atoms with Crippen molar-refractivity contribution in [2.45, 2.75) is 26.2 Å². The van der Waals surface area contributed by atoms with Gasteiger partial charge in [0.15, 0.2) is 0 Å². The summed E-state index contributed by atoms with van der Waals surface area (Å²) in [5.41, 5.74) is 0.973. The molecule has 1 aromatic heterocycles. The van der Waals surface area contributed by atoms with Gasteiger partial charge in [0.2, 0.25) is 0 Å². The van der Waals surface area contributed by atoms with E-state index in [-0.39, 0.29) is 0 Å². The second kappa shape index (κ2) is 5.80. The number of likely N-dealkylation sites (tertiary alicyclic amines) is 1. The van der Waals surface area contributed by atoms with Gasteiger partial charge in [-0.2, -0.15) is 0 Å². The minimum Gasteiger partial charge on any atom is -0.367 e. The zero-order valence-electron chi connectivity index (χ0n) is 9.95. The van der Waals surface area contributed by atoms with Crippen LogP contribution in [0.2, 0.25) is 0 Å². The van der Waals surface area contributed by atoms with Crippen LogP contribution in [-0.2, 0) is 0 Å². The van der Waals surface area contributed by atoms with Crippen LogP contribution >= 0.6 is 0 Å². The summed E-state index contributed by atoms with van der Waals surface area (Å²) in [6.07, 6.45) is 7.56. The molecule has 1 aliphatic heterocycles. The van der Waals surface area contributed by atoms with Crippen molar-refractivity contribution >= 4 is 5.82 Å². The monoisotopic (exact) mass is 220 g/mol. The van der Waals surface area contributed by atoms with E-state index >= 15 is 0 Å². The number of anilines is 1. The lowest BCUT2D eigenvalue weighted by Crippen LogP contribution is -2.33. The van der Waals surface area contributed by atoms with Gasteiger partial charge in [0.25, 0.3) is 0 Å². The lowest BCUT2D eigenvalue weighted by Gasteiger charge is -2.26. The Morgan fingerprint density at radius 3 is 2.69 bits per heavy atom. The predicted molar refractivity (Wildman–Crippen MR) is 65.5 cm³/mol. The van der Waals surface area contributed by atoms with Crippen LogP contribution in [0.4, 0.5) is 5.82 Å². The van der Waals surface area contributed by atoms with Crippen LogP contribution in [-0.4, -0.2) is 41.0 Å².